The third kappa shape index (κ3) is 7.64. The SMILES string of the molecule is C=C(C)C(=O)OCCOP(=O)(O)F. The normalized spacial score (nSPS) is 14.7. The highest BCUT2D eigenvalue weighted by Crippen LogP contribution is 2.42. The van der Waals surface area contributed by atoms with Gasteiger partial charge in [0.1, 0.15) is 6.61 Å². The smallest absolute Gasteiger partial charge is 0.460 e. The summed E-state index contributed by atoms with van der Waals surface area (Å²) in [5.74, 6) is -0.657. The summed E-state index contributed by atoms with van der Waals surface area (Å²) in [6.07, 6.45) is 0. The minimum Gasteiger partial charge on any atom is -0.460 e. The van der Waals surface area contributed by atoms with E-state index in [-0.39, 0.29) is 12.2 Å². The largest absolute Gasteiger partial charge is 0.510 e. The molecular formula is C6H10FO5P. The van der Waals surface area contributed by atoms with Crippen molar-refractivity contribution in [2.45, 2.75) is 6.92 Å². The van der Waals surface area contributed by atoms with Gasteiger partial charge in [0.25, 0.3) is 0 Å². The lowest BCUT2D eigenvalue weighted by Gasteiger charge is -2.04. The highest BCUT2D eigenvalue weighted by Gasteiger charge is 2.16. The van der Waals surface area contributed by atoms with Crippen molar-refractivity contribution in [3.8, 4) is 0 Å². The van der Waals surface area contributed by atoms with Crippen LogP contribution in [0.3, 0.4) is 0 Å². The summed E-state index contributed by atoms with van der Waals surface area (Å²) >= 11 is 0. The maximum atomic E-state index is 11.8. The Balaban J connectivity index is 3.53. The van der Waals surface area contributed by atoms with Gasteiger partial charge in [-0.25, -0.2) is 9.36 Å². The summed E-state index contributed by atoms with van der Waals surface area (Å²) in [6.45, 7) is 3.97. The fraction of sp³-hybridized carbons (Fsp3) is 0.500. The number of esters is 1. The summed E-state index contributed by atoms with van der Waals surface area (Å²) in [4.78, 5) is 18.7. The van der Waals surface area contributed by atoms with Crippen molar-refractivity contribution < 1.29 is 27.7 Å². The van der Waals surface area contributed by atoms with Gasteiger partial charge in [0.15, 0.2) is 0 Å². The van der Waals surface area contributed by atoms with Crippen LogP contribution in [0.5, 0.6) is 0 Å². The lowest BCUT2D eigenvalue weighted by molar-refractivity contribution is -0.139. The molecule has 13 heavy (non-hydrogen) atoms. The van der Waals surface area contributed by atoms with Gasteiger partial charge in [-0.2, -0.15) is 0 Å². The zero-order valence-corrected chi connectivity index (χ0v) is 7.92. The highest BCUT2D eigenvalue weighted by molar-refractivity contribution is 7.46. The third-order valence-corrected chi connectivity index (χ3v) is 1.42. The molecule has 0 aliphatic rings. The Labute approximate surface area is 74.8 Å². The van der Waals surface area contributed by atoms with Crippen molar-refractivity contribution in [2.75, 3.05) is 13.2 Å². The molecular weight excluding hydrogens is 202 g/mol. The molecule has 0 aliphatic heterocycles. The average molecular weight is 212 g/mol. The second-order valence-corrected chi connectivity index (χ2v) is 3.36. The van der Waals surface area contributed by atoms with Crippen LogP contribution in [0, 0.1) is 0 Å². The van der Waals surface area contributed by atoms with Gasteiger partial charge < -0.3 is 4.74 Å². The number of hydrogen-bond acceptors (Lipinski definition) is 4. The number of carbonyl (C=O) groups is 1. The van der Waals surface area contributed by atoms with E-state index in [4.69, 9.17) is 4.89 Å². The van der Waals surface area contributed by atoms with Crippen molar-refractivity contribution in [1.82, 2.24) is 0 Å². The zero-order chi connectivity index (χ0) is 10.5. The van der Waals surface area contributed by atoms with E-state index in [1.807, 2.05) is 0 Å². The van der Waals surface area contributed by atoms with E-state index in [9.17, 15) is 13.6 Å². The van der Waals surface area contributed by atoms with Gasteiger partial charge in [-0.05, 0) is 6.92 Å². The molecule has 1 unspecified atom stereocenters. The van der Waals surface area contributed by atoms with E-state index < -0.39 is 20.5 Å². The molecule has 0 aliphatic carbocycles. The van der Waals surface area contributed by atoms with Crippen LogP contribution in [0.1, 0.15) is 6.92 Å². The third-order valence-electron chi connectivity index (χ3n) is 0.915. The Bertz CT molecular complexity index is 245. The van der Waals surface area contributed by atoms with Gasteiger partial charge in [-0.1, -0.05) is 6.58 Å². The number of hydrogen-bond donors (Lipinski definition) is 1. The highest BCUT2D eigenvalue weighted by atomic mass is 31.2. The van der Waals surface area contributed by atoms with Crippen LogP contribution in [0.2, 0.25) is 0 Å². The predicted molar refractivity (Wildman–Crippen MR) is 42.7 cm³/mol. The monoisotopic (exact) mass is 212 g/mol. The molecule has 0 spiro atoms. The van der Waals surface area contributed by atoms with Crippen LogP contribution in [0.4, 0.5) is 4.20 Å². The first-order valence-electron chi connectivity index (χ1n) is 3.32. The Morgan fingerprint density at radius 1 is 1.62 bits per heavy atom. The van der Waals surface area contributed by atoms with Crippen molar-refractivity contribution >= 4 is 13.9 Å². The van der Waals surface area contributed by atoms with E-state index in [1.165, 1.54) is 6.92 Å². The predicted octanol–water partition coefficient (Wildman–Crippen LogP) is 1.19. The fourth-order valence-corrected chi connectivity index (χ4v) is 0.707. The van der Waals surface area contributed by atoms with Gasteiger partial charge in [0, 0.05) is 5.57 Å². The molecule has 0 amide bonds. The number of carbonyl (C=O) groups excluding carboxylic acids is 1. The molecule has 0 aromatic heterocycles. The van der Waals surface area contributed by atoms with Crippen LogP contribution in [-0.2, 0) is 18.6 Å². The van der Waals surface area contributed by atoms with E-state index in [1.54, 1.807) is 0 Å². The maximum absolute atomic E-state index is 11.8. The van der Waals surface area contributed by atoms with Gasteiger partial charge in [-0.3, -0.25) is 9.42 Å². The zero-order valence-electron chi connectivity index (χ0n) is 7.03. The Morgan fingerprint density at radius 2 is 2.15 bits per heavy atom. The van der Waals surface area contributed by atoms with Crippen LogP contribution < -0.4 is 0 Å². The minimum atomic E-state index is -4.96. The molecule has 7 heteroatoms. The molecule has 0 aromatic carbocycles. The van der Waals surface area contributed by atoms with Crippen LogP contribution in [0.15, 0.2) is 12.2 Å². The average Bonchev–Trinajstić information content (AvgIpc) is 1.95. The molecule has 0 bridgehead atoms. The molecule has 76 valence electrons. The van der Waals surface area contributed by atoms with Crippen molar-refractivity contribution in [1.29, 1.82) is 0 Å². The fourth-order valence-electron chi connectivity index (χ4n) is 0.407. The second kappa shape index (κ2) is 5.11. The Hall–Kier alpha value is -0.710. The van der Waals surface area contributed by atoms with Crippen molar-refractivity contribution in [2.24, 2.45) is 0 Å². The standard InChI is InChI=1S/C6H10FO5P/c1-5(2)6(8)11-3-4-12-13(7,9)10/h1,3-4H2,2H3,(H,9,10). The van der Waals surface area contributed by atoms with Gasteiger partial charge in [-0.15, -0.1) is 4.20 Å². The van der Waals surface area contributed by atoms with Crippen LogP contribution in [-0.4, -0.2) is 24.1 Å². The number of halogens is 1. The first-order valence-corrected chi connectivity index (χ1v) is 4.79. The maximum Gasteiger partial charge on any atom is 0.510 e. The number of rotatable bonds is 5. The Kier molecular flexibility index (Phi) is 4.83. The molecule has 0 fully saturated rings. The summed E-state index contributed by atoms with van der Waals surface area (Å²) < 4.78 is 29.9. The first kappa shape index (κ1) is 12.3. The molecule has 1 atom stereocenters. The van der Waals surface area contributed by atoms with E-state index in [0.29, 0.717) is 0 Å². The summed E-state index contributed by atoms with van der Waals surface area (Å²) in [7, 11) is -4.96. The molecule has 1 N–H and O–H groups in total. The molecule has 0 radical (unpaired) electrons. The molecule has 0 rings (SSSR count). The Morgan fingerprint density at radius 3 is 2.54 bits per heavy atom. The quantitative estimate of drug-likeness (QED) is 0.320. The second-order valence-electron chi connectivity index (χ2n) is 2.20. The lowest BCUT2D eigenvalue weighted by Crippen LogP contribution is -2.09. The van der Waals surface area contributed by atoms with Crippen molar-refractivity contribution in [3.63, 3.8) is 0 Å². The van der Waals surface area contributed by atoms with Crippen molar-refractivity contribution in [3.05, 3.63) is 12.2 Å². The summed E-state index contributed by atoms with van der Waals surface area (Å²) in [6, 6.07) is 0. The number of ether oxygens (including phenoxy) is 1. The van der Waals surface area contributed by atoms with E-state index in [0.717, 1.165) is 0 Å². The molecule has 0 saturated heterocycles. The molecule has 0 heterocycles. The van der Waals surface area contributed by atoms with Gasteiger partial charge in [0.2, 0.25) is 0 Å². The van der Waals surface area contributed by atoms with E-state index in [2.05, 4.69) is 15.8 Å². The minimum absolute atomic E-state index is 0.187. The van der Waals surface area contributed by atoms with E-state index >= 15 is 0 Å². The summed E-state index contributed by atoms with van der Waals surface area (Å²) in [5.41, 5.74) is 0.187. The lowest BCUT2D eigenvalue weighted by atomic mass is 10.4. The molecule has 0 saturated carbocycles. The van der Waals surface area contributed by atoms with Gasteiger partial charge >= 0.3 is 13.9 Å². The summed E-state index contributed by atoms with van der Waals surface area (Å²) in [5, 5.41) is 0. The molecule has 0 aromatic rings. The van der Waals surface area contributed by atoms with Crippen LogP contribution >= 0.6 is 7.91 Å². The molecule has 5 nitrogen and oxygen atoms in total. The topological polar surface area (TPSA) is 72.8 Å². The van der Waals surface area contributed by atoms with Gasteiger partial charge in [0.05, 0.1) is 6.61 Å². The first-order chi connectivity index (χ1) is 5.83. The van der Waals surface area contributed by atoms with Crippen LogP contribution in [0.25, 0.3) is 0 Å².